The van der Waals surface area contributed by atoms with Crippen molar-refractivity contribution in [1.29, 1.82) is 0 Å². The van der Waals surface area contributed by atoms with E-state index >= 15 is 0 Å². The molecule has 1 amide bonds. The van der Waals surface area contributed by atoms with Crippen molar-refractivity contribution in [3.05, 3.63) is 73.8 Å². The topological polar surface area (TPSA) is 106 Å². The molecule has 2 aromatic carbocycles. The molecule has 2 aromatic heterocycles. The molecule has 0 spiro atoms. The first-order valence-electron chi connectivity index (χ1n) is 11.5. The van der Waals surface area contributed by atoms with Gasteiger partial charge in [-0.25, -0.2) is 10.4 Å². The standard InChI is InChI=1S/C26H23ClN4O4S2/c1-14(15-6-11-19(32)20(12-15)35-2)29-30-22(33)13-36-26-28-24-23(18-4-3-5-21(18)37-24)25(34)31(26)17-9-7-16(27)8-10-17/h6-12,32H,3-5,13H2,1-2H3,(H,30,33). The minimum absolute atomic E-state index is 0.00625. The van der Waals surface area contributed by atoms with E-state index in [4.69, 9.17) is 21.3 Å². The summed E-state index contributed by atoms with van der Waals surface area (Å²) in [6.45, 7) is 1.74. The lowest BCUT2D eigenvalue weighted by molar-refractivity contribution is -0.118. The molecule has 0 aliphatic heterocycles. The first-order valence-corrected chi connectivity index (χ1v) is 13.7. The number of phenols is 1. The van der Waals surface area contributed by atoms with Crippen molar-refractivity contribution in [3.63, 3.8) is 0 Å². The Morgan fingerprint density at radius 1 is 1.27 bits per heavy atom. The fourth-order valence-electron chi connectivity index (χ4n) is 4.22. The van der Waals surface area contributed by atoms with Crippen LogP contribution in [0.3, 0.4) is 0 Å². The number of benzene rings is 2. The molecule has 1 aliphatic carbocycles. The minimum atomic E-state index is -0.347. The predicted octanol–water partition coefficient (Wildman–Crippen LogP) is 4.94. The highest BCUT2D eigenvalue weighted by molar-refractivity contribution is 7.99. The molecule has 0 radical (unpaired) electrons. The zero-order valence-corrected chi connectivity index (χ0v) is 22.5. The third-order valence-electron chi connectivity index (χ3n) is 6.07. The van der Waals surface area contributed by atoms with Crippen LogP contribution in [0.5, 0.6) is 11.5 Å². The van der Waals surface area contributed by atoms with Crippen molar-refractivity contribution >= 4 is 56.5 Å². The lowest BCUT2D eigenvalue weighted by Crippen LogP contribution is -2.24. The SMILES string of the molecule is COc1cc(C(C)=NNC(=O)CSc2nc3sc4c(c3c(=O)n2-c2ccc(Cl)cc2)CCC4)ccc1O. The highest BCUT2D eigenvalue weighted by Crippen LogP contribution is 2.36. The number of hydrogen-bond acceptors (Lipinski definition) is 8. The van der Waals surface area contributed by atoms with E-state index in [0.717, 1.165) is 24.8 Å². The number of rotatable bonds is 7. The van der Waals surface area contributed by atoms with Crippen LogP contribution in [-0.4, -0.2) is 39.1 Å². The first kappa shape index (κ1) is 25.3. The number of carbonyl (C=O) groups excluding carboxylic acids is 1. The maximum absolute atomic E-state index is 13.7. The quantitative estimate of drug-likeness (QED) is 0.145. The Hall–Kier alpha value is -3.34. The summed E-state index contributed by atoms with van der Waals surface area (Å²) in [7, 11) is 1.46. The van der Waals surface area contributed by atoms with E-state index in [9.17, 15) is 14.7 Å². The Labute approximate surface area is 226 Å². The van der Waals surface area contributed by atoms with E-state index in [2.05, 4.69) is 10.5 Å². The van der Waals surface area contributed by atoms with Gasteiger partial charge in [0.15, 0.2) is 16.7 Å². The van der Waals surface area contributed by atoms with Gasteiger partial charge >= 0.3 is 0 Å². The number of phenolic OH excluding ortho intramolecular Hbond substituents is 1. The summed E-state index contributed by atoms with van der Waals surface area (Å²) in [5.41, 5.74) is 5.39. The Bertz CT molecular complexity index is 1600. The molecule has 37 heavy (non-hydrogen) atoms. The van der Waals surface area contributed by atoms with Crippen LogP contribution in [0.4, 0.5) is 0 Å². The average Bonchev–Trinajstić information content (AvgIpc) is 3.48. The van der Waals surface area contributed by atoms with Crippen LogP contribution in [0, 0.1) is 0 Å². The van der Waals surface area contributed by atoms with E-state index < -0.39 is 0 Å². The van der Waals surface area contributed by atoms with Gasteiger partial charge < -0.3 is 9.84 Å². The molecule has 0 atom stereocenters. The number of thioether (sulfide) groups is 1. The number of ether oxygens (including phenoxy) is 1. The monoisotopic (exact) mass is 554 g/mol. The largest absolute Gasteiger partial charge is 0.504 e. The highest BCUT2D eigenvalue weighted by Gasteiger charge is 2.24. The first-order chi connectivity index (χ1) is 17.9. The van der Waals surface area contributed by atoms with Gasteiger partial charge in [0.2, 0.25) is 0 Å². The van der Waals surface area contributed by atoms with Gasteiger partial charge in [-0.15, -0.1) is 11.3 Å². The van der Waals surface area contributed by atoms with Crippen molar-refractivity contribution < 1.29 is 14.6 Å². The zero-order valence-electron chi connectivity index (χ0n) is 20.1. The molecule has 0 saturated heterocycles. The van der Waals surface area contributed by atoms with Crippen LogP contribution in [-0.2, 0) is 17.6 Å². The molecule has 5 rings (SSSR count). The van der Waals surface area contributed by atoms with Gasteiger partial charge in [-0.3, -0.25) is 14.2 Å². The molecule has 4 aromatic rings. The van der Waals surface area contributed by atoms with E-state index in [1.165, 1.54) is 29.8 Å². The third kappa shape index (κ3) is 5.09. The van der Waals surface area contributed by atoms with E-state index in [1.807, 2.05) is 0 Å². The number of amides is 1. The number of aryl methyl sites for hydroxylation is 2. The van der Waals surface area contributed by atoms with Gasteiger partial charge in [0.25, 0.3) is 11.5 Å². The van der Waals surface area contributed by atoms with Crippen molar-refractivity contribution in [2.24, 2.45) is 5.10 Å². The zero-order chi connectivity index (χ0) is 26.1. The molecule has 8 nitrogen and oxygen atoms in total. The molecule has 0 saturated carbocycles. The number of nitrogens with one attached hydrogen (secondary N) is 1. The lowest BCUT2D eigenvalue weighted by Gasteiger charge is -2.12. The van der Waals surface area contributed by atoms with Gasteiger partial charge in [0, 0.05) is 15.5 Å². The second kappa shape index (κ2) is 10.6. The minimum Gasteiger partial charge on any atom is -0.504 e. The van der Waals surface area contributed by atoms with Crippen LogP contribution >= 0.6 is 34.7 Å². The number of nitrogens with zero attached hydrogens (tertiary/aromatic N) is 3. The van der Waals surface area contributed by atoms with E-state index in [1.54, 1.807) is 59.2 Å². The molecule has 190 valence electrons. The van der Waals surface area contributed by atoms with Crippen LogP contribution in [0.25, 0.3) is 15.9 Å². The van der Waals surface area contributed by atoms with Gasteiger partial charge in [0.1, 0.15) is 4.83 Å². The molecular weight excluding hydrogens is 532 g/mol. The molecule has 2 N–H and O–H groups in total. The highest BCUT2D eigenvalue weighted by atomic mass is 35.5. The van der Waals surface area contributed by atoms with Crippen molar-refractivity contribution in [2.45, 2.75) is 31.3 Å². The number of hydrazone groups is 1. The summed E-state index contributed by atoms with van der Waals surface area (Å²) in [5, 5.41) is 15.6. The van der Waals surface area contributed by atoms with Crippen LogP contribution in [0.1, 0.15) is 29.3 Å². The number of halogens is 1. The molecular formula is C26H23ClN4O4S2. The maximum Gasteiger partial charge on any atom is 0.267 e. The summed E-state index contributed by atoms with van der Waals surface area (Å²) in [6.07, 6.45) is 2.89. The molecule has 0 bridgehead atoms. The normalized spacial score (nSPS) is 13.1. The lowest BCUT2D eigenvalue weighted by atomic mass is 10.1. The smallest absolute Gasteiger partial charge is 0.267 e. The van der Waals surface area contributed by atoms with Crippen LogP contribution in [0.2, 0.25) is 5.02 Å². The van der Waals surface area contributed by atoms with Crippen LogP contribution < -0.4 is 15.7 Å². The van der Waals surface area contributed by atoms with Crippen molar-refractivity contribution in [1.82, 2.24) is 15.0 Å². The average molecular weight is 555 g/mol. The summed E-state index contributed by atoms with van der Waals surface area (Å²) >= 11 is 8.81. The van der Waals surface area contributed by atoms with Crippen molar-refractivity contribution in [2.75, 3.05) is 12.9 Å². The summed E-state index contributed by atoms with van der Waals surface area (Å²) in [5.74, 6) is -0.00527. The number of hydrogen-bond donors (Lipinski definition) is 2. The Kier molecular flexibility index (Phi) is 7.23. The number of carbonyl (C=O) groups is 1. The van der Waals surface area contributed by atoms with Gasteiger partial charge in [0.05, 0.1) is 29.6 Å². The predicted molar refractivity (Wildman–Crippen MR) is 148 cm³/mol. The van der Waals surface area contributed by atoms with Crippen LogP contribution in [0.15, 0.2) is 57.5 Å². The number of thiophene rings is 1. The number of fused-ring (bicyclic) bond motifs is 3. The number of aromatic hydroxyl groups is 1. The third-order valence-corrected chi connectivity index (χ3v) is 8.45. The van der Waals surface area contributed by atoms with Gasteiger partial charge in [-0.05, 0) is 74.2 Å². The van der Waals surface area contributed by atoms with Crippen molar-refractivity contribution in [3.8, 4) is 17.2 Å². The summed E-state index contributed by atoms with van der Waals surface area (Å²) < 4.78 is 6.68. The molecule has 11 heteroatoms. The second-order valence-corrected chi connectivity index (χ2v) is 10.9. The van der Waals surface area contributed by atoms with Gasteiger partial charge in [-0.2, -0.15) is 5.10 Å². The van der Waals surface area contributed by atoms with E-state index in [0.29, 0.717) is 43.1 Å². The van der Waals surface area contributed by atoms with Gasteiger partial charge in [-0.1, -0.05) is 23.4 Å². The fraction of sp³-hybridized carbons (Fsp3) is 0.231. The number of methoxy groups -OCH3 is 1. The molecule has 0 unspecified atom stereocenters. The Balaban J connectivity index is 1.40. The second-order valence-electron chi connectivity index (χ2n) is 8.46. The molecule has 0 fully saturated rings. The maximum atomic E-state index is 13.7. The summed E-state index contributed by atoms with van der Waals surface area (Å²) in [4.78, 5) is 33.1. The molecule has 1 aliphatic rings. The number of aromatic nitrogens is 2. The Morgan fingerprint density at radius 3 is 2.81 bits per heavy atom. The Morgan fingerprint density at radius 2 is 2.05 bits per heavy atom. The fourth-order valence-corrected chi connectivity index (χ4v) is 6.45. The molecule has 2 heterocycles. The summed E-state index contributed by atoms with van der Waals surface area (Å²) in [6, 6.07) is 11.8. The van der Waals surface area contributed by atoms with E-state index in [-0.39, 0.29) is 23.0 Å².